The van der Waals surface area contributed by atoms with Gasteiger partial charge in [-0.05, 0) is 20.3 Å². The first kappa shape index (κ1) is 12.2. The number of amidine groups is 1. The average molecular weight is 231 g/mol. The van der Waals surface area contributed by atoms with E-state index in [1.165, 1.54) is 0 Å². The Labute approximate surface area is 93.8 Å². The molecule has 1 aliphatic heterocycles. The van der Waals surface area contributed by atoms with Crippen LogP contribution in [0.3, 0.4) is 0 Å². The third kappa shape index (κ3) is 4.92. The molecule has 1 heterocycles. The number of carbonyl (C=O) groups excluding carboxylic acids is 1. The highest BCUT2D eigenvalue weighted by Gasteiger charge is 2.23. The molecule has 3 N–H and O–H groups in total. The van der Waals surface area contributed by atoms with Crippen molar-refractivity contribution >= 4 is 23.0 Å². The Morgan fingerprint density at radius 2 is 2.47 bits per heavy atom. The van der Waals surface area contributed by atoms with Gasteiger partial charge in [0.2, 0.25) is 0 Å². The number of hydrogen-bond acceptors (Lipinski definition) is 4. The molecule has 1 amide bonds. The normalized spacial score (nSPS) is 22.1. The molecule has 0 aromatic carbocycles. The Balaban J connectivity index is 2.30. The van der Waals surface area contributed by atoms with E-state index in [9.17, 15) is 4.79 Å². The van der Waals surface area contributed by atoms with E-state index < -0.39 is 6.09 Å². The predicted molar refractivity (Wildman–Crippen MR) is 62.1 cm³/mol. The van der Waals surface area contributed by atoms with Gasteiger partial charge in [-0.1, -0.05) is 11.8 Å². The standard InChI is InChI=1S/C9H17N3O2S/c1-9(2)3-6-15-8(12-9)11-4-5-14-7(10)13/h3-6H2,1-2H3,(H2,10,13)(H,11,12). The van der Waals surface area contributed by atoms with Crippen molar-refractivity contribution < 1.29 is 9.53 Å². The molecule has 0 aromatic rings. The van der Waals surface area contributed by atoms with E-state index in [0.717, 1.165) is 17.3 Å². The molecule has 0 aliphatic carbocycles. The number of amides is 1. The van der Waals surface area contributed by atoms with Gasteiger partial charge in [0.05, 0.1) is 6.54 Å². The van der Waals surface area contributed by atoms with Gasteiger partial charge in [0.25, 0.3) is 0 Å². The van der Waals surface area contributed by atoms with Crippen molar-refractivity contribution in [3.8, 4) is 0 Å². The van der Waals surface area contributed by atoms with Gasteiger partial charge in [0, 0.05) is 11.3 Å². The van der Waals surface area contributed by atoms with Gasteiger partial charge in [-0.2, -0.15) is 0 Å². The summed E-state index contributed by atoms with van der Waals surface area (Å²) in [4.78, 5) is 14.6. The van der Waals surface area contributed by atoms with Gasteiger partial charge in [0.15, 0.2) is 5.17 Å². The fourth-order valence-corrected chi connectivity index (χ4v) is 2.51. The van der Waals surface area contributed by atoms with Crippen LogP contribution in [0.15, 0.2) is 4.99 Å². The molecular weight excluding hydrogens is 214 g/mol. The minimum Gasteiger partial charge on any atom is -0.448 e. The maximum Gasteiger partial charge on any atom is 0.404 e. The van der Waals surface area contributed by atoms with E-state index in [-0.39, 0.29) is 12.1 Å². The van der Waals surface area contributed by atoms with Crippen LogP contribution in [0.25, 0.3) is 0 Å². The topological polar surface area (TPSA) is 76.7 Å². The van der Waals surface area contributed by atoms with E-state index >= 15 is 0 Å². The van der Waals surface area contributed by atoms with Crippen LogP contribution >= 0.6 is 11.8 Å². The summed E-state index contributed by atoms with van der Waals surface area (Å²) in [7, 11) is 0. The molecule has 1 fully saturated rings. The zero-order chi connectivity index (χ0) is 11.3. The average Bonchev–Trinajstić information content (AvgIpc) is 2.10. The van der Waals surface area contributed by atoms with E-state index in [2.05, 4.69) is 28.9 Å². The second-order valence-electron chi connectivity index (χ2n) is 3.96. The van der Waals surface area contributed by atoms with Crippen LogP contribution in [-0.2, 0) is 4.74 Å². The number of thioether (sulfide) groups is 1. The molecule has 0 radical (unpaired) electrons. The minimum atomic E-state index is -0.750. The smallest absolute Gasteiger partial charge is 0.404 e. The van der Waals surface area contributed by atoms with Crippen LogP contribution in [0.5, 0.6) is 0 Å². The molecule has 0 aromatic heterocycles. The maximum absolute atomic E-state index is 10.3. The fourth-order valence-electron chi connectivity index (χ4n) is 1.17. The van der Waals surface area contributed by atoms with Crippen LogP contribution in [-0.4, -0.2) is 35.7 Å². The van der Waals surface area contributed by atoms with Crippen molar-refractivity contribution in [2.24, 2.45) is 10.7 Å². The van der Waals surface area contributed by atoms with E-state index in [0.29, 0.717) is 6.54 Å². The van der Waals surface area contributed by atoms with Crippen molar-refractivity contribution in [2.45, 2.75) is 25.8 Å². The molecule has 1 rings (SSSR count). The van der Waals surface area contributed by atoms with Crippen LogP contribution in [0.2, 0.25) is 0 Å². The van der Waals surface area contributed by atoms with Crippen LogP contribution in [0, 0.1) is 0 Å². The summed E-state index contributed by atoms with van der Waals surface area (Å²) in [6.07, 6.45) is 0.369. The van der Waals surface area contributed by atoms with Crippen LogP contribution in [0.1, 0.15) is 20.3 Å². The second kappa shape index (κ2) is 5.25. The Hall–Kier alpha value is -0.910. The lowest BCUT2D eigenvalue weighted by molar-refractivity contribution is 0.160. The highest BCUT2D eigenvalue weighted by atomic mass is 32.2. The largest absolute Gasteiger partial charge is 0.448 e. The Kier molecular flexibility index (Phi) is 4.26. The lowest BCUT2D eigenvalue weighted by atomic mass is 10.0. The molecule has 6 heteroatoms. The first-order valence-electron chi connectivity index (χ1n) is 4.87. The SMILES string of the molecule is CC1(C)CCSC(=NCCOC(N)=O)N1. The molecule has 1 aliphatic rings. The monoisotopic (exact) mass is 231 g/mol. The lowest BCUT2D eigenvalue weighted by Gasteiger charge is -2.32. The quantitative estimate of drug-likeness (QED) is 0.709. The van der Waals surface area contributed by atoms with E-state index in [1.807, 2.05) is 0 Å². The molecule has 0 atom stereocenters. The van der Waals surface area contributed by atoms with Crippen molar-refractivity contribution in [2.75, 3.05) is 18.9 Å². The van der Waals surface area contributed by atoms with Gasteiger partial charge >= 0.3 is 6.09 Å². The molecule has 0 unspecified atom stereocenters. The number of nitrogens with zero attached hydrogens (tertiary/aromatic N) is 1. The molecule has 86 valence electrons. The molecule has 0 spiro atoms. The third-order valence-electron chi connectivity index (χ3n) is 2.00. The second-order valence-corrected chi connectivity index (χ2v) is 5.05. The zero-order valence-electron chi connectivity index (χ0n) is 9.08. The van der Waals surface area contributed by atoms with Gasteiger partial charge in [-0.25, -0.2) is 4.79 Å². The predicted octanol–water partition coefficient (Wildman–Crippen LogP) is 0.943. The van der Waals surface area contributed by atoms with Gasteiger partial charge in [-0.3, -0.25) is 4.99 Å². The highest BCUT2D eigenvalue weighted by Crippen LogP contribution is 2.21. The molecule has 1 saturated heterocycles. The summed E-state index contributed by atoms with van der Waals surface area (Å²) in [5.74, 6) is 1.06. The molecule has 15 heavy (non-hydrogen) atoms. The zero-order valence-corrected chi connectivity index (χ0v) is 9.89. The fraction of sp³-hybridized carbons (Fsp3) is 0.778. The highest BCUT2D eigenvalue weighted by molar-refractivity contribution is 8.13. The summed E-state index contributed by atoms with van der Waals surface area (Å²) in [6.45, 7) is 4.97. The lowest BCUT2D eigenvalue weighted by Crippen LogP contribution is -2.46. The maximum atomic E-state index is 10.3. The van der Waals surface area contributed by atoms with Crippen molar-refractivity contribution in [1.82, 2.24) is 5.32 Å². The molecule has 0 saturated carbocycles. The first-order chi connectivity index (χ1) is 6.99. The number of carbonyl (C=O) groups is 1. The van der Waals surface area contributed by atoms with Crippen LogP contribution < -0.4 is 11.1 Å². The Morgan fingerprint density at radius 3 is 3.07 bits per heavy atom. The Bertz CT molecular complexity index is 266. The number of hydrogen-bond donors (Lipinski definition) is 2. The first-order valence-corrected chi connectivity index (χ1v) is 5.86. The minimum absolute atomic E-state index is 0.106. The summed E-state index contributed by atoms with van der Waals surface area (Å²) in [5, 5.41) is 4.24. The number of nitrogens with one attached hydrogen (secondary N) is 1. The number of primary amides is 1. The van der Waals surface area contributed by atoms with Crippen molar-refractivity contribution in [3.05, 3.63) is 0 Å². The molecule has 0 bridgehead atoms. The summed E-state index contributed by atoms with van der Waals surface area (Å²) < 4.78 is 4.58. The van der Waals surface area contributed by atoms with E-state index in [4.69, 9.17) is 5.73 Å². The number of aliphatic imine (C=N–C) groups is 1. The number of nitrogens with two attached hydrogens (primary N) is 1. The van der Waals surface area contributed by atoms with Crippen LogP contribution in [0.4, 0.5) is 4.79 Å². The summed E-state index contributed by atoms with van der Waals surface area (Å²) in [6, 6.07) is 0. The van der Waals surface area contributed by atoms with E-state index in [1.54, 1.807) is 11.8 Å². The summed E-state index contributed by atoms with van der Waals surface area (Å²) >= 11 is 1.69. The molecular formula is C9H17N3O2S. The van der Waals surface area contributed by atoms with Crippen molar-refractivity contribution in [1.29, 1.82) is 0 Å². The third-order valence-corrected chi connectivity index (χ3v) is 2.92. The Morgan fingerprint density at radius 1 is 1.73 bits per heavy atom. The molecule has 5 nitrogen and oxygen atoms in total. The van der Waals surface area contributed by atoms with Crippen molar-refractivity contribution in [3.63, 3.8) is 0 Å². The summed E-state index contributed by atoms with van der Waals surface area (Å²) in [5.41, 5.74) is 4.93. The van der Waals surface area contributed by atoms with Gasteiger partial charge in [-0.15, -0.1) is 0 Å². The number of ether oxygens (including phenoxy) is 1. The number of rotatable bonds is 3. The van der Waals surface area contributed by atoms with Gasteiger partial charge in [0.1, 0.15) is 6.61 Å². The van der Waals surface area contributed by atoms with Gasteiger partial charge < -0.3 is 15.8 Å².